The molecule has 108 valence electrons. The van der Waals surface area contributed by atoms with Gasteiger partial charge in [-0.3, -0.25) is 0 Å². The van der Waals surface area contributed by atoms with Crippen LogP contribution in [0.1, 0.15) is 16.8 Å². The van der Waals surface area contributed by atoms with E-state index in [-0.39, 0.29) is 29.3 Å². The van der Waals surface area contributed by atoms with Crippen molar-refractivity contribution in [3.05, 3.63) is 17.0 Å². The van der Waals surface area contributed by atoms with Crippen molar-refractivity contribution >= 4 is 27.3 Å². The largest absolute Gasteiger partial charge is 0.478 e. The zero-order valence-electron chi connectivity index (χ0n) is 10.2. The number of ether oxygens (including phenoxy) is 1. The maximum absolute atomic E-state index is 11.8. The van der Waals surface area contributed by atoms with E-state index < -0.39 is 22.1 Å². The Bertz CT molecular complexity index is 524. The molecule has 9 heteroatoms. The van der Waals surface area contributed by atoms with Crippen molar-refractivity contribution in [3.63, 3.8) is 0 Å². The molecule has 1 rings (SSSR count). The summed E-state index contributed by atoms with van der Waals surface area (Å²) in [6.07, 6.45) is -0.532. The lowest BCUT2D eigenvalue weighted by atomic mass is 10.3. The van der Waals surface area contributed by atoms with Crippen LogP contribution < -0.4 is 4.72 Å². The topological polar surface area (TPSA) is 113 Å². The van der Waals surface area contributed by atoms with Gasteiger partial charge in [0, 0.05) is 19.0 Å². The van der Waals surface area contributed by atoms with Crippen molar-refractivity contribution < 1.29 is 28.2 Å². The van der Waals surface area contributed by atoms with Crippen LogP contribution in [0.5, 0.6) is 0 Å². The highest BCUT2D eigenvalue weighted by Crippen LogP contribution is 2.19. The zero-order valence-corrected chi connectivity index (χ0v) is 11.8. The van der Waals surface area contributed by atoms with Crippen LogP contribution in [0.25, 0.3) is 0 Å². The van der Waals surface area contributed by atoms with Gasteiger partial charge in [-0.1, -0.05) is 0 Å². The van der Waals surface area contributed by atoms with Gasteiger partial charge in [-0.05, 0) is 12.5 Å². The van der Waals surface area contributed by atoms with E-state index in [1.807, 2.05) is 0 Å². The van der Waals surface area contributed by atoms with E-state index >= 15 is 0 Å². The Balaban J connectivity index is 2.58. The van der Waals surface area contributed by atoms with E-state index in [9.17, 15) is 18.3 Å². The summed E-state index contributed by atoms with van der Waals surface area (Å²) in [5.41, 5.74) is -0.0650. The van der Waals surface area contributed by atoms with Crippen LogP contribution in [0, 0.1) is 0 Å². The molecule has 3 N–H and O–H groups in total. The number of sulfonamides is 1. The Kier molecular flexibility index (Phi) is 5.88. The third-order valence-electron chi connectivity index (χ3n) is 2.22. The molecule has 0 aliphatic carbocycles. The van der Waals surface area contributed by atoms with Gasteiger partial charge in [0.25, 0.3) is 0 Å². The van der Waals surface area contributed by atoms with Gasteiger partial charge in [0.15, 0.2) is 0 Å². The molecule has 0 saturated carbocycles. The van der Waals surface area contributed by atoms with Crippen molar-refractivity contribution in [1.29, 1.82) is 0 Å². The van der Waals surface area contributed by atoms with Gasteiger partial charge in [-0.2, -0.15) is 0 Å². The first kappa shape index (κ1) is 16.1. The Hall–Kier alpha value is -1.00. The summed E-state index contributed by atoms with van der Waals surface area (Å²) in [6.45, 7) is 0.178. The van der Waals surface area contributed by atoms with Gasteiger partial charge in [-0.15, -0.1) is 11.3 Å². The molecule has 0 spiro atoms. The van der Waals surface area contributed by atoms with Crippen LogP contribution in [-0.4, -0.2) is 51.0 Å². The first-order valence-corrected chi connectivity index (χ1v) is 7.71. The van der Waals surface area contributed by atoms with E-state index in [4.69, 9.17) is 9.84 Å². The number of aliphatic hydroxyl groups excluding tert-OH is 1. The number of hydrogen-bond acceptors (Lipinski definition) is 6. The van der Waals surface area contributed by atoms with E-state index in [1.54, 1.807) is 0 Å². The van der Waals surface area contributed by atoms with Gasteiger partial charge in [0.05, 0.1) is 18.3 Å². The predicted molar refractivity (Wildman–Crippen MR) is 69.0 cm³/mol. The normalized spacial score (nSPS) is 13.4. The standard InChI is InChI=1S/C10H15NO6S2/c1-17-5-8(12)2-3-11-19(15,16)9-4-7(6-18-9)10(13)14/h4,6,8,11-12H,2-3,5H2,1H3,(H,13,14). The van der Waals surface area contributed by atoms with Crippen molar-refractivity contribution in [2.75, 3.05) is 20.3 Å². The molecule has 1 heterocycles. The van der Waals surface area contributed by atoms with Crippen molar-refractivity contribution in [1.82, 2.24) is 4.72 Å². The summed E-state index contributed by atoms with van der Waals surface area (Å²) in [5.74, 6) is -1.17. The molecule has 1 atom stereocenters. The molecule has 0 aliphatic heterocycles. The molecule has 0 amide bonds. The van der Waals surface area contributed by atoms with Crippen LogP contribution in [0.4, 0.5) is 0 Å². The monoisotopic (exact) mass is 309 g/mol. The average Bonchev–Trinajstić information content (AvgIpc) is 2.79. The van der Waals surface area contributed by atoms with Crippen molar-refractivity contribution in [2.24, 2.45) is 0 Å². The first-order chi connectivity index (χ1) is 8.86. The quantitative estimate of drug-likeness (QED) is 0.629. The number of aliphatic hydroxyl groups is 1. The number of methoxy groups -OCH3 is 1. The molecule has 7 nitrogen and oxygen atoms in total. The van der Waals surface area contributed by atoms with E-state index in [2.05, 4.69) is 4.72 Å². The maximum atomic E-state index is 11.8. The number of carbonyl (C=O) groups is 1. The Morgan fingerprint density at radius 1 is 1.58 bits per heavy atom. The van der Waals surface area contributed by atoms with Crippen molar-refractivity contribution in [2.45, 2.75) is 16.7 Å². The first-order valence-electron chi connectivity index (χ1n) is 5.35. The van der Waals surface area contributed by atoms with Gasteiger partial charge in [0.1, 0.15) is 4.21 Å². The molecule has 0 bridgehead atoms. The predicted octanol–water partition coefficient (Wildman–Crippen LogP) is 0.122. The second-order valence-corrected chi connectivity index (χ2v) is 6.66. The van der Waals surface area contributed by atoms with Gasteiger partial charge in [-0.25, -0.2) is 17.9 Å². The third kappa shape index (κ3) is 4.88. The summed E-state index contributed by atoms with van der Waals surface area (Å²) in [7, 11) is -2.29. The highest BCUT2D eigenvalue weighted by atomic mass is 32.2. The highest BCUT2D eigenvalue weighted by Gasteiger charge is 2.18. The Morgan fingerprint density at radius 2 is 2.26 bits per heavy atom. The molecule has 0 aliphatic rings. The second-order valence-electron chi connectivity index (χ2n) is 3.76. The number of aromatic carboxylic acids is 1. The Labute approximate surface area is 114 Å². The lowest BCUT2D eigenvalue weighted by Crippen LogP contribution is -2.28. The van der Waals surface area contributed by atoms with Gasteiger partial charge < -0.3 is 14.9 Å². The molecule has 0 fully saturated rings. The van der Waals surface area contributed by atoms with E-state index in [0.717, 1.165) is 17.4 Å². The molecule has 1 aromatic heterocycles. The molecule has 0 saturated heterocycles. The highest BCUT2D eigenvalue weighted by molar-refractivity contribution is 7.91. The number of rotatable bonds is 8. The fourth-order valence-electron chi connectivity index (χ4n) is 1.28. The summed E-state index contributed by atoms with van der Waals surface area (Å²) in [4.78, 5) is 10.7. The number of carboxylic acid groups (broad SMARTS) is 1. The molecule has 19 heavy (non-hydrogen) atoms. The molecular formula is C10H15NO6S2. The summed E-state index contributed by atoms with van der Waals surface area (Å²) < 4.78 is 30.5. The van der Waals surface area contributed by atoms with Gasteiger partial charge in [0.2, 0.25) is 10.0 Å². The van der Waals surface area contributed by atoms with Crippen LogP contribution in [0.2, 0.25) is 0 Å². The summed E-state index contributed by atoms with van der Waals surface area (Å²) in [5, 5.41) is 19.3. The smallest absolute Gasteiger partial charge is 0.336 e. The van der Waals surface area contributed by atoms with Gasteiger partial charge >= 0.3 is 5.97 Å². The molecule has 0 aromatic carbocycles. The van der Waals surface area contributed by atoms with Crippen LogP contribution in [0.3, 0.4) is 0 Å². The van der Waals surface area contributed by atoms with Crippen LogP contribution >= 0.6 is 11.3 Å². The van der Waals surface area contributed by atoms with Crippen LogP contribution in [-0.2, 0) is 14.8 Å². The molecule has 1 unspecified atom stereocenters. The number of carboxylic acids is 1. The summed E-state index contributed by atoms with van der Waals surface area (Å²) in [6, 6.07) is 1.10. The minimum Gasteiger partial charge on any atom is -0.478 e. The Morgan fingerprint density at radius 3 is 2.79 bits per heavy atom. The van der Waals surface area contributed by atoms with Crippen molar-refractivity contribution in [3.8, 4) is 0 Å². The number of hydrogen-bond donors (Lipinski definition) is 3. The van der Waals surface area contributed by atoms with Crippen LogP contribution in [0.15, 0.2) is 15.7 Å². The average molecular weight is 309 g/mol. The number of thiophene rings is 1. The zero-order chi connectivity index (χ0) is 14.5. The lowest BCUT2D eigenvalue weighted by molar-refractivity contribution is 0.0603. The molecule has 0 radical (unpaired) electrons. The number of nitrogens with one attached hydrogen (secondary N) is 1. The fourth-order valence-corrected chi connectivity index (χ4v) is 3.52. The van der Waals surface area contributed by atoms with E-state index in [1.165, 1.54) is 12.5 Å². The summed E-state index contributed by atoms with van der Waals surface area (Å²) >= 11 is 0.835. The maximum Gasteiger partial charge on any atom is 0.336 e. The second kappa shape index (κ2) is 6.96. The molecular weight excluding hydrogens is 294 g/mol. The van der Waals surface area contributed by atoms with E-state index in [0.29, 0.717) is 0 Å². The lowest BCUT2D eigenvalue weighted by Gasteiger charge is -2.09. The molecule has 1 aromatic rings. The SMILES string of the molecule is COCC(O)CCNS(=O)(=O)c1cc(C(=O)O)cs1. The fraction of sp³-hybridized carbons (Fsp3) is 0.500. The minimum atomic E-state index is -3.73. The minimum absolute atomic E-state index is 0.0488. The third-order valence-corrected chi connectivity index (χ3v) is 5.12.